The number of phenolic OH excluding ortho intramolecular Hbond substituents is 1. The molecule has 3 aromatic carbocycles. The van der Waals surface area contributed by atoms with Crippen LogP contribution in [0.15, 0.2) is 62.7 Å². The third kappa shape index (κ3) is 6.40. The summed E-state index contributed by atoms with van der Waals surface area (Å²) >= 11 is 1.39. The maximum absolute atomic E-state index is 10.7. The number of nitrogens with zero attached hydrogens (tertiary/aromatic N) is 5. The molecular formula is C21H19N7O7S2. The lowest BCUT2D eigenvalue weighted by atomic mass is 10.0. The standard InChI is InChI=1S/C21H19N7O7S2/c1-10-5-12-6-14(36-34-32-30)8-16(29)18(12)20(19(10)22)28-27-15-4-3-13(7-17(15)37-35-33-31)26-21-24-9-23-11(2)25-21/h3-9,29-31H,22H2,1-2H3,(H,23,24,25,26). The van der Waals surface area contributed by atoms with Crippen LogP contribution in [0.25, 0.3) is 10.8 Å². The van der Waals surface area contributed by atoms with Gasteiger partial charge in [0.1, 0.15) is 29.3 Å². The van der Waals surface area contributed by atoms with E-state index < -0.39 is 0 Å². The fraction of sp³-hybridized carbons (Fsp3) is 0.0952. The number of rotatable bonds is 10. The predicted octanol–water partition coefficient (Wildman–Crippen LogP) is 5.95. The molecule has 6 N–H and O–H groups in total. The zero-order valence-electron chi connectivity index (χ0n) is 19.1. The first-order valence-electron chi connectivity index (χ1n) is 10.2. The molecule has 0 spiro atoms. The molecular weight excluding hydrogens is 526 g/mol. The van der Waals surface area contributed by atoms with Crippen molar-refractivity contribution in [1.29, 1.82) is 0 Å². The number of hydrogen-bond acceptors (Lipinski definition) is 16. The molecule has 0 radical (unpaired) electrons. The molecule has 0 saturated heterocycles. The number of nitrogen functional groups attached to an aromatic ring is 1. The number of benzene rings is 3. The maximum atomic E-state index is 10.7. The summed E-state index contributed by atoms with van der Waals surface area (Å²) in [6.07, 6.45) is 1.38. The highest BCUT2D eigenvalue weighted by Crippen LogP contribution is 2.43. The van der Waals surface area contributed by atoms with Gasteiger partial charge >= 0.3 is 0 Å². The summed E-state index contributed by atoms with van der Waals surface area (Å²) < 4.78 is 9.06. The Morgan fingerprint density at radius 2 is 1.76 bits per heavy atom. The van der Waals surface area contributed by atoms with Gasteiger partial charge in [-0.25, -0.2) is 20.5 Å². The van der Waals surface area contributed by atoms with E-state index in [9.17, 15) is 5.11 Å². The van der Waals surface area contributed by atoms with Crippen LogP contribution in [0.1, 0.15) is 11.4 Å². The number of nitrogens with two attached hydrogens (primary N) is 1. The molecule has 4 aromatic rings. The van der Waals surface area contributed by atoms with E-state index in [1.165, 1.54) is 12.4 Å². The fourth-order valence-corrected chi connectivity index (χ4v) is 4.21. The molecule has 0 bridgehead atoms. The molecule has 16 heteroatoms. The molecule has 0 saturated carbocycles. The molecule has 192 valence electrons. The van der Waals surface area contributed by atoms with Crippen LogP contribution in [-0.4, -0.2) is 30.6 Å². The van der Waals surface area contributed by atoms with Crippen molar-refractivity contribution in [3.63, 3.8) is 0 Å². The van der Waals surface area contributed by atoms with Gasteiger partial charge in [0.05, 0.1) is 40.1 Å². The van der Waals surface area contributed by atoms with Crippen molar-refractivity contribution in [2.45, 2.75) is 23.6 Å². The molecule has 4 rings (SSSR count). The third-order valence-electron chi connectivity index (χ3n) is 4.89. The van der Waals surface area contributed by atoms with Crippen LogP contribution < -0.4 is 11.1 Å². The summed E-state index contributed by atoms with van der Waals surface area (Å²) in [5.41, 5.74) is 8.46. The quantitative estimate of drug-likeness (QED) is 0.0515. The second kappa shape index (κ2) is 12.1. The number of fused-ring (bicyclic) bond motifs is 1. The largest absolute Gasteiger partial charge is 0.507 e. The predicted molar refractivity (Wildman–Crippen MR) is 135 cm³/mol. The van der Waals surface area contributed by atoms with Crippen molar-refractivity contribution in [3.8, 4) is 5.75 Å². The number of aromatic nitrogens is 3. The van der Waals surface area contributed by atoms with Gasteiger partial charge in [-0.3, -0.25) is 0 Å². The number of aryl methyl sites for hydroxylation is 2. The summed E-state index contributed by atoms with van der Waals surface area (Å²) in [5.74, 6) is 0.738. The number of anilines is 3. The van der Waals surface area contributed by atoms with Crippen molar-refractivity contribution in [2.24, 2.45) is 10.2 Å². The topological polar surface area (TPSA) is 199 Å². The van der Waals surface area contributed by atoms with Gasteiger partial charge in [0.25, 0.3) is 0 Å². The first-order chi connectivity index (χ1) is 17.9. The monoisotopic (exact) mass is 545 g/mol. The molecule has 0 atom stereocenters. The Kier molecular flexibility index (Phi) is 8.64. The maximum Gasteiger partial charge on any atom is 0.230 e. The Hall–Kier alpha value is -3.61. The van der Waals surface area contributed by atoms with Gasteiger partial charge in [0.15, 0.2) is 0 Å². The van der Waals surface area contributed by atoms with E-state index in [0.29, 0.717) is 79.0 Å². The van der Waals surface area contributed by atoms with Crippen LogP contribution in [0.4, 0.5) is 28.7 Å². The minimum atomic E-state index is -0.138. The number of azo groups is 1. The van der Waals surface area contributed by atoms with E-state index >= 15 is 0 Å². The molecule has 1 heterocycles. The van der Waals surface area contributed by atoms with E-state index in [2.05, 4.69) is 49.2 Å². The smallest absolute Gasteiger partial charge is 0.230 e. The summed E-state index contributed by atoms with van der Waals surface area (Å²) in [4.78, 5) is 13.1. The Labute approximate surface area is 217 Å². The Balaban J connectivity index is 1.72. The van der Waals surface area contributed by atoms with E-state index in [1.54, 1.807) is 44.2 Å². The Morgan fingerprint density at radius 1 is 0.973 bits per heavy atom. The van der Waals surface area contributed by atoms with Crippen LogP contribution in [0, 0.1) is 13.8 Å². The van der Waals surface area contributed by atoms with Crippen molar-refractivity contribution in [2.75, 3.05) is 11.1 Å². The van der Waals surface area contributed by atoms with Gasteiger partial charge in [-0.05, 0) is 61.2 Å². The SMILES string of the molecule is Cc1ncnc(Nc2ccc(N=Nc3c(N)c(C)cc4cc(SOOO)cc(O)c34)c(SOOO)c2)n1. The van der Waals surface area contributed by atoms with Crippen molar-refractivity contribution >= 4 is 63.6 Å². The molecule has 1 aromatic heterocycles. The third-order valence-corrected chi connectivity index (χ3v) is 6.08. The second-order valence-corrected chi connectivity index (χ2v) is 8.83. The Morgan fingerprint density at radius 3 is 2.51 bits per heavy atom. The molecule has 0 aliphatic heterocycles. The van der Waals surface area contributed by atoms with Crippen LogP contribution in [0.2, 0.25) is 0 Å². The van der Waals surface area contributed by atoms with Gasteiger partial charge in [0, 0.05) is 10.6 Å². The highest BCUT2D eigenvalue weighted by molar-refractivity contribution is 7.94. The molecule has 0 fully saturated rings. The van der Waals surface area contributed by atoms with Gasteiger partial charge in [-0.15, -0.1) is 18.9 Å². The minimum absolute atomic E-state index is 0.138. The van der Waals surface area contributed by atoms with Crippen molar-refractivity contribution in [3.05, 3.63) is 54.1 Å². The van der Waals surface area contributed by atoms with Crippen LogP contribution in [-0.2, 0) is 18.7 Å². The first kappa shape index (κ1) is 26.5. The second-order valence-electron chi connectivity index (χ2n) is 7.31. The average molecular weight is 546 g/mol. The molecule has 0 amide bonds. The normalized spacial score (nSPS) is 11.5. The lowest BCUT2D eigenvalue weighted by Gasteiger charge is -2.12. The summed E-state index contributed by atoms with van der Waals surface area (Å²) in [7, 11) is 0. The van der Waals surface area contributed by atoms with Gasteiger partial charge in [0.2, 0.25) is 5.95 Å². The molecule has 0 unspecified atom stereocenters. The van der Waals surface area contributed by atoms with Gasteiger partial charge in [-0.2, -0.15) is 4.98 Å². The molecule has 0 aliphatic carbocycles. The van der Waals surface area contributed by atoms with Gasteiger partial charge < -0.3 is 16.2 Å². The van der Waals surface area contributed by atoms with Crippen molar-refractivity contribution < 1.29 is 34.4 Å². The number of phenols is 1. The molecule has 0 aliphatic rings. The number of nitrogens with one attached hydrogen (secondary N) is 1. The zero-order valence-corrected chi connectivity index (χ0v) is 20.8. The van der Waals surface area contributed by atoms with E-state index in [0.717, 1.165) is 0 Å². The average Bonchev–Trinajstić information content (AvgIpc) is 2.87. The summed E-state index contributed by atoms with van der Waals surface area (Å²) in [6, 6.07) is 9.86. The van der Waals surface area contributed by atoms with E-state index in [-0.39, 0.29) is 11.4 Å². The van der Waals surface area contributed by atoms with E-state index in [1.807, 2.05) is 0 Å². The van der Waals surface area contributed by atoms with Gasteiger partial charge in [-0.1, -0.05) is 10.1 Å². The van der Waals surface area contributed by atoms with Crippen LogP contribution in [0.3, 0.4) is 0 Å². The number of hydrogen-bond donors (Lipinski definition) is 5. The van der Waals surface area contributed by atoms with Crippen molar-refractivity contribution in [1.82, 2.24) is 15.0 Å². The summed E-state index contributed by atoms with van der Waals surface area (Å²) in [5, 5.41) is 47.7. The molecule has 14 nitrogen and oxygen atoms in total. The van der Waals surface area contributed by atoms with Crippen LogP contribution in [0.5, 0.6) is 5.75 Å². The first-order valence-corrected chi connectivity index (χ1v) is 11.7. The lowest BCUT2D eigenvalue weighted by Crippen LogP contribution is -1.99. The highest BCUT2D eigenvalue weighted by Gasteiger charge is 2.15. The summed E-state index contributed by atoms with van der Waals surface area (Å²) in [6.45, 7) is 3.52. The minimum Gasteiger partial charge on any atom is -0.507 e. The molecule has 37 heavy (non-hydrogen) atoms. The fourth-order valence-electron chi connectivity index (χ4n) is 3.30. The highest BCUT2D eigenvalue weighted by atomic mass is 32.2. The Bertz CT molecular complexity index is 1460. The van der Waals surface area contributed by atoms with Crippen LogP contribution >= 0.6 is 24.1 Å². The lowest BCUT2D eigenvalue weighted by molar-refractivity contribution is -0.432. The van der Waals surface area contributed by atoms with E-state index in [4.69, 9.17) is 16.2 Å². The zero-order chi connectivity index (χ0) is 26.4. The number of aromatic hydroxyl groups is 1.